The van der Waals surface area contributed by atoms with Gasteiger partial charge in [-0.1, -0.05) is 19.4 Å². The number of hydrogen-bond donors (Lipinski definition) is 2. The number of Topliss-reactive ketones (excluding diaryl/α,β-unsaturated/α-hetero) is 1. The number of aromatic amines is 1. The maximum Gasteiger partial charge on any atom is 0.178 e. The number of aromatic nitrogens is 1. The molecule has 0 amide bonds. The van der Waals surface area contributed by atoms with Gasteiger partial charge in [-0.3, -0.25) is 4.79 Å². The Balaban J connectivity index is 1.07. The van der Waals surface area contributed by atoms with Gasteiger partial charge in [-0.25, -0.2) is 0 Å². The molecule has 7 heteroatoms. The Bertz CT molecular complexity index is 1900. The minimum atomic E-state index is -0.889. The molecule has 5 aliphatic carbocycles. The van der Waals surface area contributed by atoms with Crippen molar-refractivity contribution in [3.8, 4) is 0 Å². The van der Waals surface area contributed by atoms with Crippen molar-refractivity contribution in [3.05, 3.63) is 46.2 Å². The van der Waals surface area contributed by atoms with Crippen LogP contribution >= 0.6 is 0 Å². The Kier molecular flexibility index (Phi) is 6.11. The number of hydrogen-bond acceptors (Lipinski definition) is 6. The van der Waals surface area contributed by atoms with Crippen LogP contribution in [0.1, 0.15) is 129 Å². The van der Waals surface area contributed by atoms with Crippen molar-refractivity contribution in [2.75, 3.05) is 0 Å². The zero-order valence-electron chi connectivity index (χ0n) is 31.8. The van der Waals surface area contributed by atoms with E-state index in [2.05, 4.69) is 92.4 Å². The molecule has 270 valence electrons. The first-order chi connectivity index (χ1) is 23.3. The van der Waals surface area contributed by atoms with Crippen LogP contribution < -0.4 is 0 Å². The molecule has 6 fully saturated rings. The van der Waals surface area contributed by atoms with Crippen LogP contribution in [0.5, 0.6) is 0 Å². The lowest BCUT2D eigenvalue weighted by Crippen LogP contribution is -2.74. The molecule has 2 aromatic rings. The third kappa shape index (κ3) is 3.54. The van der Waals surface area contributed by atoms with Gasteiger partial charge in [0, 0.05) is 44.3 Å². The molecule has 2 N–H and O–H groups in total. The van der Waals surface area contributed by atoms with Crippen molar-refractivity contribution in [3.63, 3.8) is 0 Å². The Morgan fingerprint density at radius 1 is 0.900 bits per heavy atom. The largest absolute Gasteiger partial charge is 0.389 e. The molecule has 3 aliphatic heterocycles. The molecule has 3 saturated heterocycles. The van der Waals surface area contributed by atoms with E-state index in [4.69, 9.17) is 18.9 Å². The van der Waals surface area contributed by atoms with E-state index in [1.165, 1.54) is 27.8 Å². The number of allylic oxidation sites excluding steroid dienone is 1. The van der Waals surface area contributed by atoms with Gasteiger partial charge in [-0.2, -0.15) is 0 Å². The summed E-state index contributed by atoms with van der Waals surface area (Å²) in [6.45, 7) is 21.9. The van der Waals surface area contributed by atoms with Crippen molar-refractivity contribution in [1.29, 1.82) is 0 Å². The summed E-state index contributed by atoms with van der Waals surface area (Å²) in [7, 11) is 0. The minimum Gasteiger partial charge on any atom is -0.389 e. The molecule has 8 aliphatic rings. The fraction of sp³-hybridized carbons (Fsp3) is 0.744. The minimum absolute atomic E-state index is 0.00532. The summed E-state index contributed by atoms with van der Waals surface area (Å²) in [5.74, 6) is 0.909. The summed E-state index contributed by atoms with van der Waals surface area (Å²) in [5.41, 5.74) is 3.94. The van der Waals surface area contributed by atoms with E-state index in [1.54, 1.807) is 0 Å². The number of H-pyrrole nitrogens is 1. The molecule has 4 heterocycles. The van der Waals surface area contributed by atoms with Gasteiger partial charge >= 0.3 is 0 Å². The van der Waals surface area contributed by atoms with Crippen LogP contribution in [0, 0.1) is 34.5 Å². The predicted octanol–water partition coefficient (Wildman–Crippen LogP) is 7.74. The Morgan fingerprint density at radius 2 is 1.66 bits per heavy atom. The lowest BCUT2D eigenvalue weighted by atomic mass is 9.40. The average molecular weight is 684 g/mol. The van der Waals surface area contributed by atoms with Gasteiger partial charge in [-0.15, -0.1) is 0 Å². The molecule has 0 radical (unpaired) electrons. The highest BCUT2D eigenvalue weighted by atomic mass is 16.7. The molecule has 50 heavy (non-hydrogen) atoms. The number of fused-ring (bicyclic) bond motifs is 12. The molecule has 1 unspecified atom stereocenters. The molecule has 1 spiro atoms. The molecule has 0 bridgehead atoms. The fourth-order valence-corrected chi connectivity index (χ4v) is 14.3. The molecule has 3 saturated carbocycles. The lowest BCUT2D eigenvalue weighted by molar-refractivity contribution is -0.361. The van der Waals surface area contributed by atoms with Crippen LogP contribution in [0.3, 0.4) is 0 Å². The van der Waals surface area contributed by atoms with Crippen LogP contribution in [-0.2, 0) is 37.2 Å². The maximum absolute atomic E-state index is 14.3. The maximum atomic E-state index is 14.3. The molecule has 1 aromatic carbocycles. The van der Waals surface area contributed by atoms with Gasteiger partial charge in [0.25, 0.3) is 0 Å². The van der Waals surface area contributed by atoms with Crippen molar-refractivity contribution in [1.82, 2.24) is 4.98 Å². The number of aliphatic hydroxyl groups is 1. The normalized spacial score (nSPS) is 48.3. The van der Waals surface area contributed by atoms with Gasteiger partial charge < -0.3 is 29.0 Å². The summed E-state index contributed by atoms with van der Waals surface area (Å²) in [6, 6.07) is 4.23. The van der Waals surface area contributed by atoms with E-state index in [0.717, 1.165) is 56.0 Å². The second-order valence-corrected chi connectivity index (χ2v) is 20.2. The second-order valence-electron chi connectivity index (χ2n) is 20.2. The number of carbonyl (C=O) groups excluding carboxylic acids is 1. The first-order valence-corrected chi connectivity index (χ1v) is 19.6. The molecule has 1 aromatic heterocycles. The first kappa shape index (κ1) is 32.6. The average Bonchev–Trinajstić information content (AvgIpc) is 3.51. The van der Waals surface area contributed by atoms with Crippen LogP contribution in [0.15, 0.2) is 23.8 Å². The number of benzene rings is 1. The smallest absolute Gasteiger partial charge is 0.178 e. The highest BCUT2D eigenvalue weighted by molar-refractivity contribution is 6.06. The molecule has 7 nitrogen and oxygen atoms in total. The Labute approximate surface area is 297 Å². The zero-order valence-corrected chi connectivity index (χ0v) is 31.8. The van der Waals surface area contributed by atoms with Gasteiger partial charge in [0.1, 0.15) is 6.10 Å². The summed E-state index contributed by atoms with van der Waals surface area (Å²) < 4.78 is 26.9. The topological polar surface area (TPSA) is 90.0 Å². The van der Waals surface area contributed by atoms with Crippen molar-refractivity contribution in [2.24, 2.45) is 34.5 Å². The van der Waals surface area contributed by atoms with Gasteiger partial charge in [0.05, 0.1) is 40.5 Å². The van der Waals surface area contributed by atoms with Gasteiger partial charge in [-0.05, 0) is 142 Å². The number of rotatable bonds is 1. The van der Waals surface area contributed by atoms with E-state index >= 15 is 0 Å². The SMILES string of the molecule is CC(C)=C[C@H]1O[C@H]2[C@H]3C[C@@]34C(CC[C@@]3(C)[C@@]4(O)CC[C@H]4Cc5c([nH]c6ccc7c(c56)C[C@H]5[C@@H](C7=O)C(C)(C)OC5(C)C)[C@@]43C)O[C@@H]2C(C)(C)O1. The van der Waals surface area contributed by atoms with E-state index in [1.807, 2.05) is 0 Å². The number of ketones is 1. The highest BCUT2D eigenvalue weighted by Gasteiger charge is 2.85. The van der Waals surface area contributed by atoms with E-state index in [0.29, 0.717) is 5.92 Å². The Morgan fingerprint density at radius 3 is 2.40 bits per heavy atom. The second kappa shape index (κ2) is 9.36. The summed E-state index contributed by atoms with van der Waals surface area (Å²) >= 11 is 0. The zero-order chi connectivity index (χ0) is 35.3. The predicted molar refractivity (Wildman–Crippen MR) is 191 cm³/mol. The van der Waals surface area contributed by atoms with E-state index in [-0.39, 0.29) is 63.7 Å². The lowest BCUT2D eigenvalue weighted by Gasteiger charge is -2.68. The van der Waals surface area contributed by atoms with E-state index < -0.39 is 23.1 Å². The molecular formula is C43H57NO6. The highest BCUT2D eigenvalue weighted by Crippen LogP contribution is 2.81. The number of ether oxygens (including phenoxy) is 4. The van der Waals surface area contributed by atoms with Crippen LogP contribution in [-0.4, -0.2) is 62.9 Å². The third-order valence-electron chi connectivity index (χ3n) is 16.6. The molecule has 10 rings (SSSR count). The fourth-order valence-electron chi connectivity index (χ4n) is 14.3. The van der Waals surface area contributed by atoms with Crippen molar-refractivity contribution in [2.45, 2.75) is 167 Å². The number of nitrogens with one attached hydrogen (secondary N) is 1. The summed E-state index contributed by atoms with van der Waals surface area (Å²) in [4.78, 5) is 18.3. The van der Waals surface area contributed by atoms with Crippen molar-refractivity contribution < 1.29 is 28.8 Å². The third-order valence-corrected chi connectivity index (χ3v) is 16.6. The summed E-state index contributed by atoms with van der Waals surface area (Å²) in [6.07, 6.45) is 7.79. The molecular weight excluding hydrogens is 626 g/mol. The van der Waals surface area contributed by atoms with E-state index in [9.17, 15) is 9.90 Å². The van der Waals surface area contributed by atoms with Crippen molar-refractivity contribution >= 4 is 16.7 Å². The standard InChI is InChI=1S/C43H57NO6/c1-21(2)17-30-48-34-27-20-42(27)29(47-36(34)39(7,8)49-30)14-15-40(9)41(10)22(13-16-43(40,42)46)18-25-31-24-19-26-32(38(5,6)50-37(26,3)4)33(45)23(24)11-12-28(31)44-35(25)41/h11-12,17,22,26-27,29-30,32,34,36,44,46H,13-16,18-20H2,1-10H3/t22-,26-,27+,29?,30-,32-,34-,36-,40+,41+,42-,43-/m0/s1. The monoisotopic (exact) mass is 683 g/mol. The van der Waals surface area contributed by atoms with Crippen LogP contribution in [0.25, 0.3) is 10.9 Å². The quantitative estimate of drug-likeness (QED) is 0.299. The van der Waals surface area contributed by atoms with Gasteiger partial charge in [0.15, 0.2) is 12.1 Å². The van der Waals surface area contributed by atoms with Crippen LogP contribution in [0.4, 0.5) is 0 Å². The number of carbonyl (C=O) groups is 1. The summed E-state index contributed by atoms with van der Waals surface area (Å²) in [5, 5.41) is 14.8. The Hall–Kier alpha value is -2.03. The molecule has 12 atom stereocenters. The van der Waals surface area contributed by atoms with Gasteiger partial charge in [0.2, 0.25) is 0 Å². The first-order valence-electron chi connectivity index (χ1n) is 19.6. The van der Waals surface area contributed by atoms with Crippen LogP contribution in [0.2, 0.25) is 0 Å².